The molecule has 0 saturated heterocycles. The molecule has 98 valence electrons. The molecule has 0 rings (SSSR count). The zero-order chi connectivity index (χ0) is 13.6. The summed E-state index contributed by atoms with van der Waals surface area (Å²) < 4.78 is 0. The van der Waals surface area contributed by atoms with Gasteiger partial charge in [-0.15, -0.1) is 0 Å². The zero-order valence-corrected chi connectivity index (χ0v) is 9.64. The van der Waals surface area contributed by atoms with E-state index in [0.717, 1.165) is 0 Å². The van der Waals surface area contributed by atoms with E-state index in [4.69, 9.17) is 0 Å². The Morgan fingerprint density at radius 2 is 1.53 bits per heavy atom. The van der Waals surface area contributed by atoms with Gasteiger partial charge in [-0.3, -0.25) is 30.3 Å². The van der Waals surface area contributed by atoms with E-state index in [1.54, 1.807) is 13.8 Å². The van der Waals surface area contributed by atoms with Crippen LogP contribution >= 0.6 is 0 Å². The number of rotatable bonds is 8. The third-order valence-corrected chi connectivity index (χ3v) is 2.48. The van der Waals surface area contributed by atoms with E-state index in [-0.39, 0.29) is 6.42 Å². The van der Waals surface area contributed by atoms with E-state index >= 15 is 0 Å². The lowest BCUT2D eigenvalue weighted by Gasteiger charge is -2.19. The van der Waals surface area contributed by atoms with Crippen LogP contribution in [0.1, 0.15) is 20.3 Å². The molecular weight excluding hydrogens is 234 g/mol. The molecule has 0 aliphatic carbocycles. The van der Waals surface area contributed by atoms with Crippen LogP contribution in [0.15, 0.2) is 0 Å². The highest BCUT2D eigenvalue weighted by Gasteiger charge is 2.38. The highest BCUT2D eigenvalue weighted by atomic mass is 16.6. The van der Waals surface area contributed by atoms with Crippen LogP contribution in [0.25, 0.3) is 0 Å². The van der Waals surface area contributed by atoms with Gasteiger partial charge in [0.15, 0.2) is 0 Å². The molecule has 0 aromatic carbocycles. The molecule has 0 bridgehead atoms. The van der Waals surface area contributed by atoms with Crippen molar-refractivity contribution in [3.8, 4) is 0 Å². The van der Waals surface area contributed by atoms with E-state index in [1.165, 1.54) is 0 Å². The highest BCUT2D eigenvalue weighted by Crippen LogP contribution is 2.20. The first-order chi connectivity index (χ1) is 7.75. The van der Waals surface area contributed by atoms with Crippen LogP contribution < -0.4 is 0 Å². The maximum atomic E-state index is 10.8. The van der Waals surface area contributed by atoms with E-state index in [1.807, 2.05) is 0 Å². The zero-order valence-electron chi connectivity index (χ0n) is 9.64. The van der Waals surface area contributed by atoms with Crippen molar-refractivity contribution in [1.29, 1.82) is 0 Å². The van der Waals surface area contributed by atoms with Gasteiger partial charge in [0.05, 0.1) is 5.92 Å². The standard InChI is InChI=1S/C8H15N3O6/c1-6(2)8(11(16)17)7(5-10(14)15)3-4-9(12)13/h6-8H,3-5H2,1-2H3. The van der Waals surface area contributed by atoms with Crippen molar-refractivity contribution in [2.75, 3.05) is 13.1 Å². The lowest BCUT2D eigenvalue weighted by Crippen LogP contribution is -2.38. The molecule has 0 aliphatic heterocycles. The smallest absolute Gasteiger partial charge is 0.224 e. The number of hydrogen-bond acceptors (Lipinski definition) is 6. The average molecular weight is 249 g/mol. The molecular formula is C8H15N3O6. The SMILES string of the molecule is CC(C)C(C(CC[N+](=O)[O-])C[N+](=O)[O-])[N+](=O)[O-]. The Morgan fingerprint density at radius 1 is 1.00 bits per heavy atom. The second-order valence-electron chi connectivity index (χ2n) is 4.14. The third kappa shape index (κ3) is 5.73. The van der Waals surface area contributed by atoms with Crippen LogP contribution in [0.4, 0.5) is 0 Å². The van der Waals surface area contributed by atoms with Gasteiger partial charge in [-0.25, -0.2) is 0 Å². The molecule has 0 amide bonds. The summed E-state index contributed by atoms with van der Waals surface area (Å²) >= 11 is 0. The third-order valence-electron chi connectivity index (χ3n) is 2.48. The second kappa shape index (κ2) is 6.71. The van der Waals surface area contributed by atoms with Gasteiger partial charge in [0.1, 0.15) is 0 Å². The Kier molecular flexibility index (Phi) is 6.00. The number of nitro groups is 3. The van der Waals surface area contributed by atoms with Gasteiger partial charge in [-0.05, 0) is 0 Å². The molecule has 2 unspecified atom stereocenters. The Hall–Kier alpha value is -1.80. The van der Waals surface area contributed by atoms with Crippen molar-refractivity contribution < 1.29 is 14.8 Å². The van der Waals surface area contributed by atoms with E-state index in [2.05, 4.69) is 0 Å². The van der Waals surface area contributed by atoms with Gasteiger partial charge in [0, 0.05) is 27.1 Å². The van der Waals surface area contributed by atoms with Gasteiger partial charge in [0.2, 0.25) is 19.1 Å². The van der Waals surface area contributed by atoms with E-state index in [9.17, 15) is 30.3 Å². The van der Waals surface area contributed by atoms with Crippen LogP contribution in [0, 0.1) is 42.2 Å². The maximum absolute atomic E-state index is 10.8. The van der Waals surface area contributed by atoms with Crippen molar-refractivity contribution in [2.45, 2.75) is 26.3 Å². The Bertz CT molecular complexity index is 306. The first-order valence-electron chi connectivity index (χ1n) is 5.12. The summed E-state index contributed by atoms with van der Waals surface area (Å²) in [6.45, 7) is 2.05. The predicted molar refractivity (Wildman–Crippen MR) is 57.5 cm³/mol. The van der Waals surface area contributed by atoms with Gasteiger partial charge in [-0.1, -0.05) is 13.8 Å². The highest BCUT2D eigenvalue weighted by molar-refractivity contribution is 4.72. The van der Waals surface area contributed by atoms with Gasteiger partial charge < -0.3 is 0 Å². The second-order valence-corrected chi connectivity index (χ2v) is 4.14. The van der Waals surface area contributed by atoms with E-state index < -0.39 is 45.7 Å². The summed E-state index contributed by atoms with van der Waals surface area (Å²) in [5, 5.41) is 31.5. The molecule has 0 saturated carbocycles. The predicted octanol–water partition coefficient (Wildman–Crippen LogP) is 0.847. The Labute approximate surface area is 97.3 Å². The minimum atomic E-state index is -1.12. The molecule has 17 heavy (non-hydrogen) atoms. The summed E-state index contributed by atoms with van der Waals surface area (Å²) in [5.41, 5.74) is 0. The van der Waals surface area contributed by atoms with Crippen LogP contribution in [-0.4, -0.2) is 33.9 Å². The molecule has 0 spiro atoms. The quantitative estimate of drug-likeness (QED) is 0.463. The molecule has 0 heterocycles. The summed E-state index contributed by atoms with van der Waals surface area (Å²) in [6, 6.07) is -1.12. The molecule has 0 aromatic heterocycles. The first kappa shape index (κ1) is 15.2. The lowest BCUT2D eigenvalue weighted by atomic mass is 9.88. The monoisotopic (exact) mass is 249 g/mol. The largest absolute Gasteiger partial charge is 0.265 e. The summed E-state index contributed by atoms with van der Waals surface area (Å²) in [7, 11) is 0. The van der Waals surface area contributed by atoms with Gasteiger partial charge in [0.25, 0.3) is 0 Å². The normalized spacial score (nSPS) is 14.3. The van der Waals surface area contributed by atoms with Crippen molar-refractivity contribution >= 4 is 0 Å². The Morgan fingerprint density at radius 3 is 1.82 bits per heavy atom. The molecule has 0 N–H and O–H groups in total. The summed E-state index contributed by atoms with van der Waals surface area (Å²) in [5.74, 6) is -1.31. The number of nitrogens with zero attached hydrogens (tertiary/aromatic N) is 3. The van der Waals surface area contributed by atoms with Gasteiger partial charge in [-0.2, -0.15) is 0 Å². The fraction of sp³-hybridized carbons (Fsp3) is 1.00. The fourth-order valence-electron chi connectivity index (χ4n) is 1.79. The van der Waals surface area contributed by atoms with E-state index in [0.29, 0.717) is 0 Å². The lowest BCUT2D eigenvalue weighted by molar-refractivity contribution is -0.566. The summed E-state index contributed by atoms with van der Waals surface area (Å²) in [6.07, 6.45) is -0.155. The van der Waals surface area contributed by atoms with Crippen molar-refractivity contribution in [2.24, 2.45) is 11.8 Å². The molecule has 2 atom stereocenters. The molecule has 0 radical (unpaired) electrons. The minimum absolute atomic E-state index is 0.155. The molecule has 0 aromatic rings. The maximum Gasteiger partial charge on any atom is 0.224 e. The van der Waals surface area contributed by atoms with Crippen LogP contribution in [0.2, 0.25) is 0 Å². The fourth-order valence-corrected chi connectivity index (χ4v) is 1.79. The molecule has 9 nitrogen and oxygen atoms in total. The van der Waals surface area contributed by atoms with Crippen LogP contribution in [0.3, 0.4) is 0 Å². The molecule has 9 heteroatoms. The molecule has 0 fully saturated rings. The topological polar surface area (TPSA) is 129 Å². The number of hydrogen-bond donors (Lipinski definition) is 0. The van der Waals surface area contributed by atoms with Gasteiger partial charge >= 0.3 is 0 Å². The summed E-state index contributed by atoms with van der Waals surface area (Å²) in [4.78, 5) is 29.6. The first-order valence-corrected chi connectivity index (χ1v) is 5.12. The van der Waals surface area contributed by atoms with Crippen LogP contribution in [0.5, 0.6) is 0 Å². The Balaban J connectivity index is 4.78. The van der Waals surface area contributed by atoms with Crippen molar-refractivity contribution in [3.05, 3.63) is 30.3 Å². The average Bonchev–Trinajstić information content (AvgIpc) is 2.11. The van der Waals surface area contributed by atoms with Crippen molar-refractivity contribution in [3.63, 3.8) is 0 Å². The van der Waals surface area contributed by atoms with Crippen LogP contribution in [-0.2, 0) is 0 Å². The minimum Gasteiger partial charge on any atom is -0.265 e. The van der Waals surface area contributed by atoms with Crippen molar-refractivity contribution in [1.82, 2.24) is 0 Å². The molecule has 0 aliphatic rings.